The Hall–Kier alpha value is -6.74. The second-order valence-electron chi connectivity index (χ2n) is 13.5. The van der Waals surface area contributed by atoms with Gasteiger partial charge >= 0.3 is 0 Å². The molecule has 0 atom stereocenters. The largest absolute Gasteiger partial charge is 0.309 e. The summed E-state index contributed by atoms with van der Waals surface area (Å²) in [7, 11) is -3.20. The van der Waals surface area contributed by atoms with E-state index in [1.165, 1.54) is 0 Å². The summed E-state index contributed by atoms with van der Waals surface area (Å²) in [4.78, 5) is 14.9. The molecule has 0 amide bonds. The Balaban J connectivity index is 1.14. The van der Waals surface area contributed by atoms with Gasteiger partial charge in [0.1, 0.15) is 0 Å². The van der Waals surface area contributed by atoms with Crippen molar-refractivity contribution in [3.05, 3.63) is 194 Å². The maximum atomic E-state index is 15.5. The number of fused-ring (bicyclic) bond motifs is 5. The van der Waals surface area contributed by atoms with Crippen molar-refractivity contribution in [3.8, 4) is 33.8 Å². The Morgan fingerprint density at radius 2 is 0.815 bits per heavy atom. The summed E-state index contributed by atoms with van der Waals surface area (Å²) in [5.74, 6) is 0. The molecule has 0 aliphatic carbocycles. The molecule has 0 unspecified atom stereocenters. The van der Waals surface area contributed by atoms with Gasteiger partial charge in [0, 0.05) is 38.4 Å². The average molecular weight is 710 g/mol. The number of pyridine rings is 3. The average Bonchev–Trinajstić information content (AvgIpc) is 3.26. The van der Waals surface area contributed by atoms with Crippen molar-refractivity contribution < 1.29 is 4.57 Å². The smallest absolute Gasteiger partial charge is 0.171 e. The van der Waals surface area contributed by atoms with E-state index in [0.29, 0.717) is 0 Å². The molecule has 0 radical (unpaired) electrons. The zero-order chi connectivity index (χ0) is 36.1. The minimum Gasteiger partial charge on any atom is -0.309 e. The van der Waals surface area contributed by atoms with Crippen molar-refractivity contribution in [2.45, 2.75) is 0 Å². The molecule has 0 aliphatic heterocycles. The van der Waals surface area contributed by atoms with E-state index in [-0.39, 0.29) is 0 Å². The minimum absolute atomic E-state index is 0.819. The number of hydrogen-bond acceptors (Lipinski definition) is 4. The molecule has 10 aromatic rings. The van der Waals surface area contributed by atoms with Crippen molar-refractivity contribution in [1.29, 1.82) is 0 Å². The maximum Gasteiger partial charge on any atom is 0.171 e. The van der Waals surface area contributed by atoms with E-state index in [0.717, 1.165) is 93.0 Å². The van der Waals surface area contributed by atoms with Gasteiger partial charge in [0.25, 0.3) is 0 Å². The lowest BCUT2D eigenvalue weighted by Gasteiger charge is -2.23. The molecule has 254 valence electrons. The first-order valence-electron chi connectivity index (χ1n) is 18.0. The van der Waals surface area contributed by atoms with Gasteiger partial charge in [0.2, 0.25) is 0 Å². The fourth-order valence-corrected chi connectivity index (χ4v) is 10.7. The number of benzene rings is 7. The highest BCUT2D eigenvalue weighted by molar-refractivity contribution is 7.85. The predicted molar refractivity (Wildman–Crippen MR) is 226 cm³/mol. The van der Waals surface area contributed by atoms with Gasteiger partial charge in [0.05, 0.1) is 28.1 Å². The van der Waals surface area contributed by atoms with E-state index in [2.05, 4.69) is 102 Å². The van der Waals surface area contributed by atoms with Gasteiger partial charge in [-0.25, -0.2) is 9.97 Å². The van der Waals surface area contributed by atoms with Crippen LogP contribution in [0.1, 0.15) is 0 Å². The van der Waals surface area contributed by atoms with Crippen molar-refractivity contribution >= 4 is 66.4 Å². The molecule has 3 heterocycles. The first-order valence-corrected chi connectivity index (χ1v) is 19.8. The van der Waals surface area contributed by atoms with Gasteiger partial charge in [-0.15, -0.1) is 0 Å². The molecular weight excluding hydrogens is 678 g/mol. The fourth-order valence-electron chi connectivity index (χ4n) is 7.83. The van der Waals surface area contributed by atoms with Crippen LogP contribution in [0, 0.1) is 0 Å². The van der Waals surface area contributed by atoms with Crippen LogP contribution in [0.5, 0.6) is 0 Å². The van der Waals surface area contributed by atoms with Crippen LogP contribution in [0.4, 0.5) is 0 Å². The number of rotatable bonds is 6. The third kappa shape index (κ3) is 5.23. The summed E-state index contributed by atoms with van der Waals surface area (Å²) in [5.41, 5.74) is 7.50. The Labute approximate surface area is 312 Å². The Bertz CT molecular complexity index is 3030. The summed E-state index contributed by atoms with van der Waals surface area (Å²) in [6, 6.07) is 63.8. The molecule has 0 aliphatic rings. The molecule has 4 nitrogen and oxygen atoms in total. The van der Waals surface area contributed by atoms with Gasteiger partial charge in [-0.05, 0) is 63.0 Å². The lowest BCUT2D eigenvalue weighted by atomic mass is 9.91. The molecule has 0 spiro atoms. The van der Waals surface area contributed by atoms with Crippen LogP contribution in [0.15, 0.2) is 194 Å². The molecule has 54 heavy (non-hydrogen) atoms. The van der Waals surface area contributed by atoms with Gasteiger partial charge in [-0.3, -0.25) is 4.98 Å². The monoisotopic (exact) mass is 709 g/mol. The van der Waals surface area contributed by atoms with Crippen LogP contribution in [-0.4, -0.2) is 15.0 Å². The highest BCUT2D eigenvalue weighted by Gasteiger charge is 2.31. The van der Waals surface area contributed by atoms with Crippen LogP contribution < -0.4 is 15.9 Å². The fraction of sp³-hybridized carbons (Fsp3) is 0. The molecule has 0 fully saturated rings. The summed E-state index contributed by atoms with van der Waals surface area (Å²) < 4.78 is 15.5. The zero-order valence-corrected chi connectivity index (χ0v) is 30.1. The highest BCUT2D eigenvalue weighted by atomic mass is 31.2. The first-order chi connectivity index (χ1) is 26.7. The van der Waals surface area contributed by atoms with Crippen LogP contribution in [0.25, 0.3) is 77.1 Å². The Kier molecular flexibility index (Phi) is 7.71. The van der Waals surface area contributed by atoms with E-state index >= 15 is 4.57 Å². The lowest BCUT2D eigenvalue weighted by molar-refractivity contribution is 0.592. The lowest BCUT2D eigenvalue weighted by Crippen LogP contribution is -2.25. The molecule has 0 saturated carbocycles. The van der Waals surface area contributed by atoms with Gasteiger partial charge < -0.3 is 4.57 Å². The van der Waals surface area contributed by atoms with E-state index in [9.17, 15) is 0 Å². The van der Waals surface area contributed by atoms with Crippen LogP contribution >= 0.6 is 7.14 Å². The highest BCUT2D eigenvalue weighted by Crippen LogP contribution is 2.46. The van der Waals surface area contributed by atoms with E-state index in [1.807, 2.05) is 91.0 Å². The molecule has 0 N–H and O–H groups in total. The molecular formula is C49H32N3OP. The summed E-state index contributed by atoms with van der Waals surface area (Å²) in [5, 5.41) is 8.83. The summed E-state index contributed by atoms with van der Waals surface area (Å²) in [6.45, 7) is 0. The van der Waals surface area contributed by atoms with Crippen molar-refractivity contribution in [1.82, 2.24) is 15.0 Å². The Morgan fingerprint density at radius 1 is 0.352 bits per heavy atom. The number of hydrogen-bond donors (Lipinski definition) is 0. The van der Waals surface area contributed by atoms with E-state index < -0.39 is 7.14 Å². The molecule has 0 bridgehead atoms. The molecule has 3 aromatic heterocycles. The van der Waals surface area contributed by atoms with E-state index in [4.69, 9.17) is 9.97 Å². The predicted octanol–water partition coefficient (Wildman–Crippen LogP) is 11.1. The number of aromatic nitrogens is 3. The maximum absolute atomic E-state index is 15.5. The van der Waals surface area contributed by atoms with Crippen LogP contribution in [-0.2, 0) is 4.57 Å². The standard InChI is InChI=1S/C49H32N3OP/c53-54(35-13-3-1-4-14-35,36-15-5-2-6-16-36)47-31-28-41(39-19-9-10-20-43(39)47)40-26-27-42(38-18-8-7-17-37(38)40)44-29-24-33-22-23-34-25-30-46(45-21-11-12-32-50-45)52-49(34)48(33)51-44/h1-32H. The molecule has 10 rings (SSSR count). The van der Waals surface area contributed by atoms with Gasteiger partial charge in [-0.1, -0.05) is 158 Å². The van der Waals surface area contributed by atoms with Gasteiger partial charge in [0.15, 0.2) is 7.14 Å². The Morgan fingerprint density at radius 3 is 1.43 bits per heavy atom. The molecule has 7 aromatic carbocycles. The second-order valence-corrected chi connectivity index (χ2v) is 16.2. The topological polar surface area (TPSA) is 55.7 Å². The van der Waals surface area contributed by atoms with Crippen molar-refractivity contribution in [3.63, 3.8) is 0 Å². The molecule has 0 saturated heterocycles. The normalized spacial score (nSPS) is 11.8. The number of nitrogens with zero attached hydrogens (tertiary/aromatic N) is 3. The van der Waals surface area contributed by atoms with Gasteiger partial charge in [-0.2, -0.15) is 0 Å². The zero-order valence-electron chi connectivity index (χ0n) is 29.2. The quantitative estimate of drug-likeness (QED) is 0.127. The third-order valence-electron chi connectivity index (χ3n) is 10.4. The summed E-state index contributed by atoms with van der Waals surface area (Å²) in [6.07, 6.45) is 1.79. The third-order valence-corrected chi connectivity index (χ3v) is 13.5. The summed E-state index contributed by atoms with van der Waals surface area (Å²) >= 11 is 0. The first kappa shape index (κ1) is 32.0. The van der Waals surface area contributed by atoms with Crippen molar-refractivity contribution in [2.24, 2.45) is 0 Å². The SMILES string of the molecule is O=P(c1ccccc1)(c1ccccc1)c1ccc(-c2ccc(-c3ccc4ccc5ccc(-c6ccccn6)nc5c4n3)c3ccccc23)c2ccccc12. The second kappa shape index (κ2) is 13.0. The van der Waals surface area contributed by atoms with Crippen molar-refractivity contribution in [2.75, 3.05) is 0 Å². The van der Waals surface area contributed by atoms with Crippen LogP contribution in [0.3, 0.4) is 0 Å². The van der Waals surface area contributed by atoms with Crippen LogP contribution in [0.2, 0.25) is 0 Å². The van der Waals surface area contributed by atoms with E-state index in [1.54, 1.807) is 6.20 Å². The minimum atomic E-state index is -3.20. The molecule has 5 heteroatoms.